The van der Waals surface area contributed by atoms with Gasteiger partial charge in [-0.05, 0) is 60.5 Å². The number of benzene rings is 2. The summed E-state index contributed by atoms with van der Waals surface area (Å²) >= 11 is 1.31. The molecular formula is C19H20N4O2S. The van der Waals surface area contributed by atoms with Crippen LogP contribution in [0.4, 0.5) is 0 Å². The van der Waals surface area contributed by atoms with Gasteiger partial charge in [0.2, 0.25) is 5.16 Å². The molecule has 0 bridgehead atoms. The predicted molar refractivity (Wildman–Crippen MR) is 101 cm³/mol. The quantitative estimate of drug-likeness (QED) is 0.468. The highest BCUT2D eigenvalue weighted by Gasteiger charge is 2.15. The molecule has 0 radical (unpaired) electrons. The minimum Gasteiger partial charge on any atom is -0.492 e. The number of carbonyl (C=O) groups is 1. The second-order valence-electron chi connectivity index (χ2n) is 5.78. The number of aryl methyl sites for hydroxylation is 2. The Morgan fingerprint density at radius 2 is 1.96 bits per heavy atom. The van der Waals surface area contributed by atoms with Crippen LogP contribution in [0.25, 0.3) is 5.69 Å². The van der Waals surface area contributed by atoms with Crippen LogP contribution in [0.15, 0.2) is 47.6 Å². The number of ether oxygens (including phenoxy) is 1. The summed E-state index contributed by atoms with van der Waals surface area (Å²) in [5.41, 5.74) is 3.73. The molecule has 2 aromatic carbocycles. The third kappa shape index (κ3) is 3.94. The first kappa shape index (κ1) is 18.1. The van der Waals surface area contributed by atoms with E-state index in [9.17, 15) is 4.79 Å². The van der Waals surface area contributed by atoms with Crippen molar-refractivity contribution in [1.82, 2.24) is 20.2 Å². The average Bonchev–Trinajstić information content (AvgIpc) is 3.11. The molecule has 26 heavy (non-hydrogen) atoms. The lowest BCUT2D eigenvalue weighted by Gasteiger charge is -2.10. The van der Waals surface area contributed by atoms with Crippen LogP contribution in [0, 0.1) is 13.8 Å². The summed E-state index contributed by atoms with van der Waals surface area (Å²) in [6.07, 6.45) is 0. The van der Waals surface area contributed by atoms with Gasteiger partial charge < -0.3 is 4.74 Å². The summed E-state index contributed by atoms with van der Waals surface area (Å²) in [6, 6.07) is 13.3. The Hall–Kier alpha value is -2.67. The molecule has 0 amide bonds. The van der Waals surface area contributed by atoms with Crippen LogP contribution in [0.3, 0.4) is 0 Å². The van der Waals surface area contributed by atoms with E-state index < -0.39 is 0 Å². The van der Waals surface area contributed by atoms with Gasteiger partial charge in [0.25, 0.3) is 0 Å². The second-order valence-corrected chi connectivity index (χ2v) is 6.73. The van der Waals surface area contributed by atoms with Gasteiger partial charge in [-0.2, -0.15) is 4.68 Å². The lowest BCUT2D eigenvalue weighted by molar-refractivity contribution is 0.102. The fourth-order valence-corrected chi connectivity index (χ4v) is 3.24. The molecule has 0 fully saturated rings. The van der Waals surface area contributed by atoms with E-state index in [0.717, 1.165) is 11.3 Å². The van der Waals surface area contributed by atoms with Gasteiger partial charge >= 0.3 is 0 Å². The van der Waals surface area contributed by atoms with Crippen molar-refractivity contribution in [2.24, 2.45) is 0 Å². The molecule has 3 aromatic rings. The molecule has 0 saturated carbocycles. The Morgan fingerprint density at radius 1 is 1.15 bits per heavy atom. The molecule has 6 nitrogen and oxygen atoms in total. The summed E-state index contributed by atoms with van der Waals surface area (Å²) in [5.74, 6) is 1.01. The van der Waals surface area contributed by atoms with E-state index in [1.807, 2.05) is 63.2 Å². The largest absolute Gasteiger partial charge is 0.492 e. The molecule has 0 N–H and O–H groups in total. The highest BCUT2D eigenvalue weighted by molar-refractivity contribution is 7.99. The van der Waals surface area contributed by atoms with Gasteiger partial charge in [0.15, 0.2) is 5.78 Å². The van der Waals surface area contributed by atoms with Crippen LogP contribution in [0.2, 0.25) is 0 Å². The lowest BCUT2D eigenvalue weighted by Crippen LogP contribution is -2.06. The van der Waals surface area contributed by atoms with E-state index in [1.165, 1.54) is 17.3 Å². The number of nitrogens with zero attached hydrogens (tertiary/aromatic N) is 4. The number of hydrogen-bond donors (Lipinski definition) is 0. The summed E-state index contributed by atoms with van der Waals surface area (Å²) < 4.78 is 7.24. The van der Waals surface area contributed by atoms with E-state index in [4.69, 9.17) is 4.74 Å². The Bertz CT molecular complexity index is 923. The van der Waals surface area contributed by atoms with Crippen molar-refractivity contribution in [3.8, 4) is 11.4 Å². The first-order valence-electron chi connectivity index (χ1n) is 8.34. The Labute approximate surface area is 156 Å². The third-order valence-corrected chi connectivity index (χ3v) is 4.91. The lowest BCUT2D eigenvalue weighted by atomic mass is 10.0. The fraction of sp³-hybridized carbons (Fsp3) is 0.263. The molecule has 3 rings (SSSR count). The third-order valence-electron chi connectivity index (χ3n) is 4.00. The van der Waals surface area contributed by atoms with Crippen molar-refractivity contribution in [3.63, 3.8) is 0 Å². The molecule has 0 aliphatic heterocycles. The van der Waals surface area contributed by atoms with Gasteiger partial charge in [0.1, 0.15) is 11.4 Å². The van der Waals surface area contributed by atoms with Gasteiger partial charge in [-0.15, -0.1) is 5.10 Å². The number of thioether (sulfide) groups is 1. The van der Waals surface area contributed by atoms with Crippen molar-refractivity contribution >= 4 is 17.5 Å². The maximum atomic E-state index is 12.5. The number of tetrazole rings is 1. The zero-order chi connectivity index (χ0) is 18.5. The van der Waals surface area contributed by atoms with Gasteiger partial charge in [-0.3, -0.25) is 4.79 Å². The number of Topliss-reactive ketones (excluding diaryl/α,β-unsaturated/α-hetero) is 1. The van der Waals surface area contributed by atoms with Crippen LogP contribution in [0.1, 0.15) is 28.4 Å². The first-order valence-corrected chi connectivity index (χ1v) is 9.32. The minimum absolute atomic E-state index is 0.0470. The maximum absolute atomic E-state index is 12.5. The first-order chi connectivity index (χ1) is 12.6. The SMILES string of the molecule is CCOc1ccccc1-n1nnnc1SCC(=O)c1ccc(C)c(C)c1. The molecular weight excluding hydrogens is 348 g/mol. The number of ketones is 1. The van der Waals surface area contributed by atoms with Crippen LogP contribution in [-0.4, -0.2) is 38.4 Å². The van der Waals surface area contributed by atoms with Crippen molar-refractivity contribution in [1.29, 1.82) is 0 Å². The molecule has 0 saturated heterocycles. The van der Waals surface area contributed by atoms with E-state index in [2.05, 4.69) is 15.5 Å². The Kier molecular flexibility index (Phi) is 5.68. The molecule has 7 heteroatoms. The van der Waals surface area contributed by atoms with Crippen LogP contribution in [0.5, 0.6) is 5.75 Å². The maximum Gasteiger partial charge on any atom is 0.214 e. The summed E-state index contributed by atoms with van der Waals surface area (Å²) in [5, 5.41) is 12.4. The molecule has 0 aliphatic carbocycles. The number of carbonyl (C=O) groups excluding carboxylic acids is 1. The van der Waals surface area contributed by atoms with Crippen LogP contribution >= 0.6 is 11.8 Å². The molecule has 0 atom stereocenters. The van der Waals surface area contributed by atoms with Gasteiger partial charge in [-0.25, -0.2) is 0 Å². The van der Waals surface area contributed by atoms with Crippen LogP contribution < -0.4 is 4.74 Å². The standard InChI is InChI=1S/C19H20N4O2S/c1-4-25-18-8-6-5-7-16(18)23-19(20-21-22-23)26-12-17(24)15-10-9-13(2)14(3)11-15/h5-11H,4,12H2,1-3H3. The summed E-state index contributed by atoms with van der Waals surface area (Å²) in [7, 11) is 0. The van der Waals surface area contributed by atoms with Crippen molar-refractivity contribution in [2.45, 2.75) is 25.9 Å². The molecule has 1 aromatic heterocycles. The molecule has 134 valence electrons. The highest BCUT2D eigenvalue weighted by Crippen LogP contribution is 2.26. The minimum atomic E-state index is 0.0470. The normalized spacial score (nSPS) is 10.7. The zero-order valence-electron chi connectivity index (χ0n) is 15.0. The number of aromatic nitrogens is 4. The summed E-state index contributed by atoms with van der Waals surface area (Å²) in [6.45, 7) is 6.51. The molecule has 0 aliphatic rings. The number of rotatable bonds is 7. The van der Waals surface area contributed by atoms with E-state index in [-0.39, 0.29) is 11.5 Å². The van der Waals surface area contributed by atoms with Gasteiger partial charge in [0, 0.05) is 5.56 Å². The van der Waals surface area contributed by atoms with Gasteiger partial charge in [0.05, 0.1) is 12.4 Å². The van der Waals surface area contributed by atoms with Crippen LogP contribution in [-0.2, 0) is 0 Å². The van der Waals surface area contributed by atoms with Crippen molar-refractivity contribution in [2.75, 3.05) is 12.4 Å². The Balaban J connectivity index is 1.77. The second kappa shape index (κ2) is 8.14. The fourth-order valence-electron chi connectivity index (χ4n) is 2.46. The highest BCUT2D eigenvalue weighted by atomic mass is 32.2. The molecule has 0 spiro atoms. The van der Waals surface area contributed by atoms with Crippen molar-refractivity contribution < 1.29 is 9.53 Å². The summed E-state index contributed by atoms with van der Waals surface area (Å²) in [4.78, 5) is 12.5. The monoisotopic (exact) mass is 368 g/mol. The molecule has 1 heterocycles. The van der Waals surface area contributed by atoms with E-state index in [1.54, 1.807) is 4.68 Å². The molecule has 0 unspecified atom stereocenters. The number of para-hydroxylation sites is 2. The topological polar surface area (TPSA) is 69.9 Å². The van der Waals surface area contributed by atoms with Gasteiger partial charge in [-0.1, -0.05) is 36.0 Å². The van der Waals surface area contributed by atoms with Crippen molar-refractivity contribution in [3.05, 3.63) is 59.2 Å². The zero-order valence-corrected chi connectivity index (χ0v) is 15.8. The van der Waals surface area contributed by atoms with E-state index >= 15 is 0 Å². The number of hydrogen-bond acceptors (Lipinski definition) is 6. The van der Waals surface area contributed by atoms with E-state index in [0.29, 0.717) is 23.1 Å². The smallest absolute Gasteiger partial charge is 0.214 e. The average molecular weight is 368 g/mol. The predicted octanol–water partition coefficient (Wildman–Crippen LogP) is 3.65. The Morgan fingerprint density at radius 3 is 2.73 bits per heavy atom.